The number of pyridine rings is 1. The minimum atomic E-state index is -0.623. The molecule has 0 fully saturated rings. The molecule has 0 saturated heterocycles. The van der Waals surface area contributed by atoms with Crippen LogP contribution in [0.4, 0.5) is 5.69 Å². The number of H-pyrrole nitrogens is 1. The molecule has 1 aromatic carbocycles. The number of hydrogen-bond acceptors (Lipinski definition) is 4. The van der Waals surface area contributed by atoms with Gasteiger partial charge in [0.05, 0.1) is 11.2 Å². The summed E-state index contributed by atoms with van der Waals surface area (Å²) in [5.74, 6) is -0.370. The summed E-state index contributed by atoms with van der Waals surface area (Å²) in [6, 6.07) is 10.2. The molecule has 22 heavy (non-hydrogen) atoms. The number of rotatable bonds is 3. The van der Waals surface area contributed by atoms with E-state index in [4.69, 9.17) is 0 Å². The van der Waals surface area contributed by atoms with Crippen molar-refractivity contribution in [3.05, 3.63) is 69.6 Å². The predicted molar refractivity (Wildman–Crippen MR) is 81.7 cm³/mol. The SMILES string of the molecule is O=C(Cn1ccc(=O)[nH]c1=O)Nc1cccc2ncccc12. The molecule has 0 saturated carbocycles. The smallest absolute Gasteiger partial charge is 0.324 e. The van der Waals surface area contributed by atoms with E-state index in [1.54, 1.807) is 24.4 Å². The minimum absolute atomic E-state index is 0.188. The number of carbonyl (C=O) groups is 1. The molecule has 110 valence electrons. The van der Waals surface area contributed by atoms with E-state index in [1.807, 2.05) is 12.1 Å². The summed E-state index contributed by atoms with van der Waals surface area (Å²) in [6.45, 7) is -0.188. The Morgan fingerprint density at radius 3 is 2.86 bits per heavy atom. The molecule has 1 amide bonds. The van der Waals surface area contributed by atoms with Gasteiger partial charge >= 0.3 is 5.69 Å². The Balaban J connectivity index is 1.84. The maximum atomic E-state index is 12.1. The molecule has 0 radical (unpaired) electrons. The van der Waals surface area contributed by atoms with Gasteiger partial charge in [0.15, 0.2) is 0 Å². The first-order chi connectivity index (χ1) is 10.6. The van der Waals surface area contributed by atoms with Crippen molar-refractivity contribution in [2.24, 2.45) is 0 Å². The molecular formula is C15H12N4O3. The summed E-state index contributed by atoms with van der Waals surface area (Å²) < 4.78 is 1.13. The first-order valence-electron chi connectivity index (χ1n) is 6.57. The largest absolute Gasteiger partial charge is 0.328 e. The van der Waals surface area contributed by atoms with Crippen LogP contribution in [-0.4, -0.2) is 20.4 Å². The zero-order valence-corrected chi connectivity index (χ0v) is 11.4. The van der Waals surface area contributed by atoms with Crippen LogP contribution in [0.25, 0.3) is 10.9 Å². The van der Waals surface area contributed by atoms with Gasteiger partial charge in [-0.25, -0.2) is 4.79 Å². The molecule has 0 unspecified atom stereocenters. The van der Waals surface area contributed by atoms with Gasteiger partial charge in [0, 0.05) is 23.8 Å². The second-order valence-corrected chi connectivity index (χ2v) is 4.66. The normalized spacial score (nSPS) is 10.5. The lowest BCUT2D eigenvalue weighted by Crippen LogP contribution is -2.32. The number of nitrogens with zero attached hydrogens (tertiary/aromatic N) is 2. The predicted octanol–water partition coefficient (Wildman–Crippen LogP) is 0.723. The van der Waals surface area contributed by atoms with Gasteiger partial charge < -0.3 is 5.32 Å². The standard InChI is InChI=1S/C15H12N4O3/c20-13-6-8-19(15(22)18-13)9-14(21)17-12-5-1-4-11-10(12)3-2-7-16-11/h1-8H,9H2,(H,17,21)(H,18,20,22). The highest BCUT2D eigenvalue weighted by Gasteiger charge is 2.08. The molecule has 3 aromatic rings. The molecule has 2 N–H and O–H groups in total. The summed E-state index contributed by atoms with van der Waals surface area (Å²) >= 11 is 0. The van der Waals surface area contributed by atoms with Gasteiger partial charge in [-0.1, -0.05) is 6.07 Å². The summed E-state index contributed by atoms with van der Waals surface area (Å²) in [4.78, 5) is 40.9. The van der Waals surface area contributed by atoms with Crippen LogP contribution in [0.3, 0.4) is 0 Å². The van der Waals surface area contributed by atoms with Crippen LogP contribution in [0, 0.1) is 0 Å². The van der Waals surface area contributed by atoms with E-state index in [-0.39, 0.29) is 12.5 Å². The average Bonchev–Trinajstić information content (AvgIpc) is 2.50. The van der Waals surface area contributed by atoms with E-state index in [0.29, 0.717) is 5.69 Å². The van der Waals surface area contributed by atoms with Crippen molar-refractivity contribution in [1.82, 2.24) is 14.5 Å². The van der Waals surface area contributed by atoms with Crippen LogP contribution >= 0.6 is 0 Å². The second-order valence-electron chi connectivity index (χ2n) is 4.66. The van der Waals surface area contributed by atoms with Crippen molar-refractivity contribution < 1.29 is 4.79 Å². The van der Waals surface area contributed by atoms with E-state index in [0.717, 1.165) is 15.5 Å². The Kier molecular flexibility index (Phi) is 3.53. The maximum Gasteiger partial charge on any atom is 0.328 e. The van der Waals surface area contributed by atoms with Gasteiger partial charge in [-0.05, 0) is 24.3 Å². The quantitative estimate of drug-likeness (QED) is 0.744. The number of carbonyl (C=O) groups excluding carboxylic acids is 1. The molecule has 3 rings (SSSR count). The van der Waals surface area contributed by atoms with Gasteiger partial charge in [-0.3, -0.25) is 24.1 Å². The summed E-state index contributed by atoms with van der Waals surface area (Å²) in [5, 5.41) is 3.56. The van der Waals surface area contributed by atoms with Crippen LogP contribution in [-0.2, 0) is 11.3 Å². The van der Waals surface area contributed by atoms with Crippen molar-refractivity contribution in [1.29, 1.82) is 0 Å². The van der Waals surface area contributed by atoms with E-state index < -0.39 is 11.2 Å². The molecule has 0 aliphatic carbocycles. The average molecular weight is 296 g/mol. The van der Waals surface area contributed by atoms with Crippen molar-refractivity contribution in [2.45, 2.75) is 6.54 Å². The van der Waals surface area contributed by atoms with Gasteiger partial charge in [0.25, 0.3) is 5.56 Å². The van der Waals surface area contributed by atoms with Crippen LogP contribution in [0.15, 0.2) is 58.4 Å². The lowest BCUT2D eigenvalue weighted by Gasteiger charge is -2.09. The Hall–Kier alpha value is -3.22. The molecule has 0 aliphatic heterocycles. The fourth-order valence-corrected chi connectivity index (χ4v) is 2.13. The van der Waals surface area contributed by atoms with Gasteiger partial charge in [0.2, 0.25) is 5.91 Å². The Labute approximate surface area is 124 Å². The molecule has 0 spiro atoms. The number of fused-ring (bicyclic) bond motifs is 1. The highest BCUT2D eigenvalue weighted by Crippen LogP contribution is 2.21. The lowest BCUT2D eigenvalue weighted by atomic mass is 10.2. The second kappa shape index (κ2) is 5.65. The number of hydrogen-bond donors (Lipinski definition) is 2. The summed E-state index contributed by atoms with van der Waals surface area (Å²) in [7, 11) is 0. The highest BCUT2D eigenvalue weighted by atomic mass is 16.2. The fraction of sp³-hybridized carbons (Fsp3) is 0.0667. The number of nitrogens with one attached hydrogen (secondary N) is 2. The molecule has 2 aromatic heterocycles. The molecule has 7 heteroatoms. The Morgan fingerprint density at radius 2 is 2.05 bits per heavy atom. The van der Waals surface area contributed by atoms with Crippen LogP contribution < -0.4 is 16.6 Å². The molecule has 2 heterocycles. The maximum absolute atomic E-state index is 12.1. The zero-order valence-electron chi connectivity index (χ0n) is 11.4. The monoisotopic (exact) mass is 296 g/mol. The summed E-state index contributed by atoms with van der Waals surface area (Å²) in [6.07, 6.45) is 2.96. The molecule has 7 nitrogen and oxygen atoms in total. The van der Waals surface area contributed by atoms with E-state index in [2.05, 4.69) is 15.3 Å². The number of aromatic nitrogens is 3. The lowest BCUT2D eigenvalue weighted by molar-refractivity contribution is -0.116. The minimum Gasteiger partial charge on any atom is -0.324 e. The summed E-state index contributed by atoms with van der Waals surface area (Å²) in [5.41, 5.74) is 0.263. The number of anilines is 1. The molecular weight excluding hydrogens is 284 g/mol. The van der Waals surface area contributed by atoms with Gasteiger partial charge in [-0.15, -0.1) is 0 Å². The number of aromatic amines is 1. The molecule has 0 bridgehead atoms. The van der Waals surface area contributed by atoms with E-state index >= 15 is 0 Å². The first-order valence-corrected chi connectivity index (χ1v) is 6.57. The van der Waals surface area contributed by atoms with Crippen molar-refractivity contribution in [3.63, 3.8) is 0 Å². The van der Waals surface area contributed by atoms with Gasteiger partial charge in [0.1, 0.15) is 6.54 Å². The first kappa shape index (κ1) is 13.7. The topological polar surface area (TPSA) is 96.9 Å². The van der Waals surface area contributed by atoms with Gasteiger partial charge in [-0.2, -0.15) is 0 Å². The van der Waals surface area contributed by atoms with E-state index in [1.165, 1.54) is 12.3 Å². The Bertz CT molecular complexity index is 953. The third kappa shape index (κ3) is 2.78. The van der Waals surface area contributed by atoms with Crippen molar-refractivity contribution in [3.8, 4) is 0 Å². The van der Waals surface area contributed by atoms with Crippen LogP contribution in [0.2, 0.25) is 0 Å². The van der Waals surface area contributed by atoms with Crippen LogP contribution in [0.1, 0.15) is 0 Å². The zero-order chi connectivity index (χ0) is 15.5. The molecule has 0 atom stereocenters. The fourth-order valence-electron chi connectivity index (χ4n) is 2.13. The van der Waals surface area contributed by atoms with Crippen LogP contribution in [0.5, 0.6) is 0 Å². The molecule has 0 aliphatic rings. The number of amides is 1. The third-order valence-corrected chi connectivity index (χ3v) is 3.13. The van der Waals surface area contributed by atoms with Crippen molar-refractivity contribution in [2.75, 3.05) is 5.32 Å². The highest BCUT2D eigenvalue weighted by molar-refractivity contribution is 6.00. The van der Waals surface area contributed by atoms with E-state index in [9.17, 15) is 14.4 Å². The Morgan fingerprint density at radius 1 is 1.18 bits per heavy atom. The van der Waals surface area contributed by atoms with Crippen molar-refractivity contribution >= 4 is 22.5 Å². The number of benzene rings is 1. The third-order valence-electron chi connectivity index (χ3n) is 3.13.